The van der Waals surface area contributed by atoms with Crippen LogP contribution >= 0.6 is 0 Å². The van der Waals surface area contributed by atoms with Gasteiger partial charge in [-0.05, 0) is 37.7 Å². The summed E-state index contributed by atoms with van der Waals surface area (Å²) in [6.45, 7) is 6.62. The minimum absolute atomic E-state index is 0.493. The van der Waals surface area contributed by atoms with Crippen LogP contribution in [0.4, 0.5) is 0 Å². The highest BCUT2D eigenvalue weighted by atomic mass is 15.4. The molecule has 1 aliphatic heterocycles. The Kier molecular flexibility index (Phi) is 5.17. The number of nitrogens with one attached hydrogen (secondary N) is 1. The van der Waals surface area contributed by atoms with Gasteiger partial charge in [0.15, 0.2) is 0 Å². The highest BCUT2D eigenvalue weighted by molar-refractivity contribution is 5.92. The third kappa shape index (κ3) is 3.72. The fraction of sp³-hybridized carbons (Fsp3) is 0.619. The zero-order chi connectivity index (χ0) is 19.6. The van der Waals surface area contributed by atoms with Crippen molar-refractivity contribution in [3.05, 3.63) is 24.3 Å². The molecule has 0 spiro atoms. The van der Waals surface area contributed by atoms with Gasteiger partial charge >= 0.3 is 0 Å². The van der Waals surface area contributed by atoms with Crippen LogP contribution in [-0.2, 0) is 0 Å². The second-order valence-electron chi connectivity index (χ2n) is 8.52. The van der Waals surface area contributed by atoms with E-state index in [-0.39, 0.29) is 0 Å². The van der Waals surface area contributed by atoms with Gasteiger partial charge in [0.2, 0.25) is 0 Å². The van der Waals surface area contributed by atoms with Crippen molar-refractivity contribution in [1.29, 1.82) is 5.26 Å². The van der Waals surface area contributed by atoms with Gasteiger partial charge in [-0.2, -0.15) is 5.26 Å². The Morgan fingerprint density at radius 3 is 2.69 bits per heavy atom. The Balaban J connectivity index is 1.18. The molecule has 1 saturated heterocycles. The standard InChI is InChI=1S/C21H28N8/c22-7-1-9-27-10-12-28(13-11-27)14-16-2-4-17(5-3-16)19-20-18-6-8-23-21(18)24-15-29(20)26-25-19/h6,8,15-17,23H,1-5,9-14H2. The molecule has 1 N–H and O–H groups in total. The highest BCUT2D eigenvalue weighted by Gasteiger charge is 2.28. The van der Waals surface area contributed by atoms with Crippen LogP contribution < -0.4 is 0 Å². The molecule has 1 saturated carbocycles. The molecule has 0 atom stereocenters. The molecule has 3 aromatic rings. The van der Waals surface area contributed by atoms with Crippen molar-refractivity contribution in [3.8, 4) is 6.07 Å². The Morgan fingerprint density at radius 1 is 1.10 bits per heavy atom. The van der Waals surface area contributed by atoms with Gasteiger partial charge in [-0.3, -0.25) is 4.90 Å². The van der Waals surface area contributed by atoms with Crippen LogP contribution in [0.2, 0.25) is 0 Å². The predicted molar refractivity (Wildman–Crippen MR) is 110 cm³/mol. The SMILES string of the molecule is N#CCCN1CCN(CC2CCC(c3nnn4cnc5[nH]ccc5c34)CC2)CC1. The summed E-state index contributed by atoms with van der Waals surface area (Å²) in [7, 11) is 0. The zero-order valence-corrected chi connectivity index (χ0v) is 16.8. The third-order valence-corrected chi connectivity index (χ3v) is 6.75. The number of hydrogen-bond acceptors (Lipinski definition) is 6. The van der Waals surface area contributed by atoms with Gasteiger partial charge in [-0.25, -0.2) is 9.50 Å². The van der Waals surface area contributed by atoms with Crippen LogP contribution in [0.15, 0.2) is 18.6 Å². The van der Waals surface area contributed by atoms with Crippen LogP contribution in [0.3, 0.4) is 0 Å². The van der Waals surface area contributed by atoms with Gasteiger partial charge in [0, 0.05) is 63.2 Å². The van der Waals surface area contributed by atoms with Crippen molar-refractivity contribution in [2.45, 2.75) is 38.0 Å². The maximum atomic E-state index is 8.75. The summed E-state index contributed by atoms with van der Waals surface area (Å²) >= 11 is 0. The average Bonchev–Trinajstić information content (AvgIpc) is 3.40. The Hall–Kier alpha value is -2.50. The first-order chi connectivity index (χ1) is 14.3. The quantitative estimate of drug-likeness (QED) is 0.717. The highest BCUT2D eigenvalue weighted by Crippen LogP contribution is 2.38. The number of hydrogen-bond donors (Lipinski definition) is 1. The number of aromatic amines is 1. The van der Waals surface area contributed by atoms with E-state index in [1.807, 2.05) is 10.7 Å². The lowest BCUT2D eigenvalue weighted by molar-refractivity contribution is 0.109. The monoisotopic (exact) mass is 392 g/mol. The first-order valence-corrected chi connectivity index (χ1v) is 10.8. The second-order valence-corrected chi connectivity index (χ2v) is 8.52. The van der Waals surface area contributed by atoms with Gasteiger partial charge in [-0.1, -0.05) is 5.21 Å². The molecule has 2 fully saturated rings. The molecule has 0 aromatic carbocycles. The summed E-state index contributed by atoms with van der Waals surface area (Å²) in [5.74, 6) is 1.28. The van der Waals surface area contributed by atoms with E-state index in [0.717, 1.165) is 60.9 Å². The molecule has 0 unspecified atom stereocenters. The number of H-pyrrole nitrogens is 1. The molecule has 152 valence electrons. The maximum Gasteiger partial charge on any atom is 0.141 e. The van der Waals surface area contributed by atoms with Crippen molar-refractivity contribution in [3.63, 3.8) is 0 Å². The largest absolute Gasteiger partial charge is 0.346 e. The Morgan fingerprint density at radius 2 is 1.90 bits per heavy atom. The summed E-state index contributed by atoms with van der Waals surface area (Å²) in [5, 5.41) is 18.7. The van der Waals surface area contributed by atoms with E-state index in [1.54, 1.807) is 6.33 Å². The third-order valence-electron chi connectivity index (χ3n) is 6.75. The van der Waals surface area contributed by atoms with Gasteiger partial charge < -0.3 is 9.88 Å². The number of aromatic nitrogens is 5. The topological polar surface area (TPSA) is 89.1 Å². The second kappa shape index (κ2) is 8.09. The van der Waals surface area contributed by atoms with Crippen molar-refractivity contribution < 1.29 is 0 Å². The molecule has 4 heterocycles. The average molecular weight is 393 g/mol. The van der Waals surface area contributed by atoms with Crippen molar-refractivity contribution in [2.75, 3.05) is 39.3 Å². The number of piperazine rings is 1. The summed E-state index contributed by atoms with van der Waals surface area (Å²) in [5.41, 5.74) is 3.17. The van der Waals surface area contributed by atoms with E-state index < -0.39 is 0 Å². The van der Waals surface area contributed by atoms with E-state index in [2.05, 4.69) is 42.2 Å². The van der Waals surface area contributed by atoms with E-state index >= 15 is 0 Å². The number of rotatable bonds is 5. The molecule has 29 heavy (non-hydrogen) atoms. The van der Waals surface area contributed by atoms with Crippen LogP contribution in [0.5, 0.6) is 0 Å². The lowest BCUT2D eigenvalue weighted by atomic mass is 9.80. The first kappa shape index (κ1) is 18.5. The lowest BCUT2D eigenvalue weighted by Crippen LogP contribution is -2.48. The molecule has 0 bridgehead atoms. The molecule has 0 radical (unpaired) electrons. The van der Waals surface area contributed by atoms with Crippen LogP contribution in [0.1, 0.15) is 43.7 Å². The summed E-state index contributed by atoms with van der Waals surface area (Å²) in [6, 6.07) is 4.33. The molecule has 5 rings (SSSR count). The van der Waals surface area contributed by atoms with E-state index in [9.17, 15) is 0 Å². The summed E-state index contributed by atoms with van der Waals surface area (Å²) in [6.07, 6.45) is 9.24. The Labute approximate surface area is 170 Å². The first-order valence-electron chi connectivity index (χ1n) is 10.8. The smallest absolute Gasteiger partial charge is 0.141 e. The van der Waals surface area contributed by atoms with Crippen LogP contribution in [0.25, 0.3) is 16.6 Å². The molecule has 0 amide bonds. The maximum absolute atomic E-state index is 8.75. The molecule has 2 aliphatic rings. The molecule has 8 nitrogen and oxygen atoms in total. The van der Waals surface area contributed by atoms with Gasteiger partial charge in [-0.15, -0.1) is 5.10 Å². The number of fused-ring (bicyclic) bond motifs is 3. The molecular formula is C21H28N8. The van der Waals surface area contributed by atoms with Crippen LogP contribution in [0, 0.1) is 17.2 Å². The molecule has 1 aliphatic carbocycles. The zero-order valence-electron chi connectivity index (χ0n) is 16.8. The van der Waals surface area contributed by atoms with Crippen molar-refractivity contribution >= 4 is 16.6 Å². The molecule has 3 aromatic heterocycles. The normalized spacial score (nSPS) is 24.2. The lowest BCUT2D eigenvalue weighted by Gasteiger charge is -2.37. The van der Waals surface area contributed by atoms with Gasteiger partial charge in [0.1, 0.15) is 17.5 Å². The predicted octanol–water partition coefficient (Wildman–Crippen LogP) is 2.41. The Bertz CT molecular complexity index is 999. The number of nitrogens with zero attached hydrogens (tertiary/aromatic N) is 7. The van der Waals surface area contributed by atoms with E-state index in [0.29, 0.717) is 12.3 Å². The minimum Gasteiger partial charge on any atom is -0.346 e. The number of nitriles is 1. The fourth-order valence-corrected chi connectivity index (χ4v) is 5.08. The molecular weight excluding hydrogens is 364 g/mol. The fourth-order valence-electron chi connectivity index (χ4n) is 5.08. The van der Waals surface area contributed by atoms with Crippen molar-refractivity contribution in [2.24, 2.45) is 5.92 Å². The van der Waals surface area contributed by atoms with Crippen molar-refractivity contribution in [1.82, 2.24) is 34.6 Å². The van der Waals surface area contributed by atoms with Crippen LogP contribution in [-0.4, -0.2) is 73.9 Å². The van der Waals surface area contributed by atoms with Gasteiger partial charge in [0.25, 0.3) is 0 Å². The van der Waals surface area contributed by atoms with Gasteiger partial charge in [0.05, 0.1) is 11.8 Å². The van der Waals surface area contributed by atoms with E-state index in [4.69, 9.17) is 5.26 Å². The summed E-state index contributed by atoms with van der Waals surface area (Å²) < 4.78 is 1.82. The molecule has 8 heteroatoms. The minimum atomic E-state index is 0.493. The van der Waals surface area contributed by atoms with E-state index in [1.165, 1.54) is 32.2 Å². The summed E-state index contributed by atoms with van der Waals surface area (Å²) in [4.78, 5) is 12.6.